The lowest BCUT2D eigenvalue weighted by molar-refractivity contribution is -0.143. The first-order chi connectivity index (χ1) is 22.4. The molecule has 3 aromatic carbocycles. The quantitative estimate of drug-likeness (QED) is 0.184. The lowest BCUT2D eigenvalue weighted by atomic mass is 9.72. The minimum absolute atomic E-state index is 0.0554. The van der Waals surface area contributed by atoms with Crippen LogP contribution in [0.15, 0.2) is 66.2 Å². The van der Waals surface area contributed by atoms with Gasteiger partial charge in [0.25, 0.3) is 0 Å². The van der Waals surface area contributed by atoms with Crippen molar-refractivity contribution in [1.82, 2.24) is 4.90 Å². The number of cyclic esters (lactones) is 1. The molecular weight excluding hydrogens is 640 g/mol. The number of amides is 1. The van der Waals surface area contributed by atoms with Crippen molar-refractivity contribution >= 4 is 17.6 Å². The molecule has 1 aliphatic carbocycles. The van der Waals surface area contributed by atoms with Gasteiger partial charge < -0.3 is 14.2 Å². The molecule has 0 aromatic heterocycles. The molecule has 0 saturated carbocycles. The number of carbonyl (C=O) groups is 2. The highest BCUT2D eigenvalue weighted by molar-refractivity contribution is 5.90. The van der Waals surface area contributed by atoms with E-state index in [4.69, 9.17) is 14.2 Å². The zero-order valence-corrected chi connectivity index (χ0v) is 27.0. The fraction of sp³-hybridized carbons (Fsp3) is 0.389. The third-order valence-corrected chi connectivity index (χ3v) is 8.99. The Kier molecular flexibility index (Phi) is 9.33. The van der Waals surface area contributed by atoms with Gasteiger partial charge in [0, 0.05) is 6.54 Å². The van der Waals surface area contributed by atoms with Gasteiger partial charge in [-0.15, -0.1) is 0 Å². The average Bonchev–Trinajstić information content (AvgIpc) is 3.31. The van der Waals surface area contributed by atoms with Gasteiger partial charge in [-0.25, -0.2) is 9.59 Å². The highest BCUT2D eigenvalue weighted by atomic mass is 19.4. The van der Waals surface area contributed by atoms with E-state index in [2.05, 4.69) is 13.8 Å². The van der Waals surface area contributed by atoms with Crippen LogP contribution in [0, 0.1) is 5.41 Å². The normalized spacial score (nSPS) is 19.7. The van der Waals surface area contributed by atoms with E-state index >= 15 is 0 Å². The minimum atomic E-state index is -5.03. The number of allylic oxidation sites excluding steroid dienone is 1. The molecule has 2 aliphatic rings. The molecule has 48 heavy (non-hydrogen) atoms. The molecule has 0 N–H and O–H groups in total. The summed E-state index contributed by atoms with van der Waals surface area (Å²) in [6.45, 7) is 5.82. The van der Waals surface area contributed by atoms with Crippen LogP contribution in [0.25, 0.3) is 16.7 Å². The minimum Gasteiger partial charge on any atom is -0.497 e. The summed E-state index contributed by atoms with van der Waals surface area (Å²) in [7, 11) is 2.85. The maximum absolute atomic E-state index is 13.6. The fourth-order valence-electron chi connectivity index (χ4n) is 6.40. The summed E-state index contributed by atoms with van der Waals surface area (Å²) >= 11 is 0. The van der Waals surface area contributed by atoms with E-state index in [1.54, 1.807) is 38.3 Å². The molecule has 1 heterocycles. The van der Waals surface area contributed by atoms with Crippen molar-refractivity contribution in [1.29, 1.82) is 0 Å². The predicted molar refractivity (Wildman–Crippen MR) is 166 cm³/mol. The van der Waals surface area contributed by atoms with Crippen molar-refractivity contribution < 1.29 is 50.1 Å². The zero-order valence-electron chi connectivity index (χ0n) is 27.0. The van der Waals surface area contributed by atoms with Crippen LogP contribution in [0.1, 0.15) is 78.7 Å². The Labute approximate surface area is 274 Å². The van der Waals surface area contributed by atoms with Crippen LogP contribution in [0.5, 0.6) is 5.75 Å². The smallest absolute Gasteiger partial charge is 0.416 e. The first-order valence-corrected chi connectivity index (χ1v) is 15.3. The molecule has 2 atom stereocenters. The Bertz CT molecular complexity index is 1710. The Balaban J connectivity index is 1.52. The molecule has 1 unspecified atom stereocenters. The van der Waals surface area contributed by atoms with Crippen molar-refractivity contribution in [2.24, 2.45) is 5.41 Å². The molecule has 0 bridgehead atoms. The van der Waals surface area contributed by atoms with Crippen LogP contribution in [-0.2, 0) is 21.8 Å². The van der Waals surface area contributed by atoms with Crippen LogP contribution >= 0.6 is 0 Å². The summed E-state index contributed by atoms with van der Waals surface area (Å²) < 4.78 is 97.5. The number of carbonyl (C=O) groups excluding carboxylic acids is 2. The molecule has 256 valence electrons. The van der Waals surface area contributed by atoms with Crippen LogP contribution < -0.4 is 4.74 Å². The number of halogens is 6. The van der Waals surface area contributed by atoms with E-state index in [1.807, 2.05) is 18.2 Å². The molecule has 6 nitrogen and oxygen atoms in total. The van der Waals surface area contributed by atoms with Crippen molar-refractivity contribution in [3.63, 3.8) is 0 Å². The number of esters is 1. The van der Waals surface area contributed by atoms with Gasteiger partial charge in [0.1, 0.15) is 11.9 Å². The van der Waals surface area contributed by atoms with Crippen molar-refractivity contribution in [2.45, 2.75) is 64.5 Å². The number of nitrogens with zero attached hydrogens (tertiary/aromatic N) is 1. The molecular formula is C36H35F6NO5. The monoisotopic (exact) mass is 675 g/mol. The highest BCUT2D eigenvalue weighted by Gasteiger charge is 2.44. The van der Waals surface area contributed by atoms with Gasteiger partial charge in [0.15, 0.2) is 0 Å². The summed E-state index contributed by atoms with van der Waals surface area (Å²) in [5, 5.41) is 0. The Hall–Kier alpha value is -4.48. The number of hydrogen-bond acceptors (Lipinski definition) is 5. The van der Waals surface area contributed by atoms with E-state index < -0.39 is 47.7 Å². The van der Waals surface area contributed by atoms with Crippen molar-refractivity contribution in [2.75, 3.05) is 20.8 Å². The Morgan fingerprint density at radius 1 is 0.896 bits per heavy atom. The fourth-order valence-corrected chi connectivity index (χ4v) is 6.40. The topological polar surface area (TPSA) is 65.1 Å². The molecule has 1 aliphatic heterocycles. The second kappa shape index (κ2) is 12.9. The summed E-state index contributed by atoms with van der Waals surface area (Å²) in [4.78, 5) is 26.5. The number of methoxy groups -OCH3 is 2. The Morgan fingerprint density at radius 3 is 2.06 bits per heavy atom. The van der Waals surface area contributed by atoms with Gasteiger partial charge in [0.05, 0.1) is 37.0 Å². The zero-order chi connectivity index (χ0) is 35.2. The second-order valence-corrected chi connectivity index (χ2v) is 13.0. The molecule has 1 fully saturated rings. The van der Waals surface area contributed by atoms with Gasteiger partial charge in [0.2, 0.25) is 0 Å². The van der Waals surface area contributed by atoms with Gasteiger partial charge in [-0.05, 0) is 114 Å². The number of alkyl halides is 6. The Morgan fingerprint density at radius 2 is 1.50 bits per heavy atom. The van der Waals surface area contributed by atoms with Gasteiger partial charge in [-0.3, -0.25) is 4.90 Å². The maximum Gasteiger partial charge on any atom is 0.416 e. The maximum atomic E-state index is 13.6. The summed E-state index contributed by atoms with van der Waals surface area (Å²) in [6, 6.07) is 13.0. The van der Waals surface area contributed by atoms with Crippen LogP contribution in [0.3, 0.4) is 0 Å². The highest BCUT2D eigenvalue weighted by Crippen LogP contribution is 2.46. The molecule has 5 rings (SSSR count). The van der Waals surface area contributed by atoms with Crippen LogP contribution in [0.2, 0.25) is 0 Å². The molecule has 0 spiro atoms. The number of ether oxygens (including phenoxy) is 3. The lowest BCUT2D eigenvalue weighted by Crippen LogP contribution is -2.35. The molecule has 0 radical (unpaired) electrons. The van der Waals surface area contributed by atoms with Crippen molar-refractivity contribution in [3.8, 4) is 16.9 Å². The number of benzene rings is 3. The molecule has 1 amide bonds. The molecule has 12 heteroatoms. The summed E-state index contributed by atoms with van der Waals surface area (Å²) in [6.07, 6.45) is -10.2. The molecule has 3 aromatic rings. The second-order valence-electron chi connectivity index (χ2n) is 13.0. The third-order valence-electron chi connectivity index (χ3n) is 8.99. The number of rotatable bonds is 7. The first-order valence-electron chi connectivity index (χ1n) is 15.3. The van der Waals surface area contributed by atoms with Gasteiger partial charge in [-0.1, -0.05) is 26.0 Å². The summed E-state index contributed by atoms with van der Waals surface area (Å²) in [5.41, 5.74) is 1.27. The average molecular weight is 676 g/mol. The van der Waals surface area contributed by atoms with E-state index in [0.29, 0.717) is 36.3 Å². The number of hydrogen-bond donors (Lipinski definition) is 0. The lowest BCUT2D eigenvalue weighted by Gasteiger charge is -2.35. The predicted octanol–water partition coefficient (Wildman–Crippen LogP) is 9.73. The van der Waals surface area contributed by atoms with E-state index in [-0.39, 0.29) is 23.6 Å². The first kappa shape index (κ1) is 34.8. The SMILES string of the molecule is COC(=O)c1ccc(-c2cc(OC)cc(C3=C(CN4C(=O)OC(c5cc(C(F)(F)F)cc(C(F)(F)F)c5)[C@@H]4C)CC(C)(C)CC3)c2)cc1. The van der Waals surface area contributed by atoms with Crippen LogP contribution in [0.4, 0.5) is 31.1 Å². The summed E-state index contributed by atoms with van der Waals surface area (Å²) in [5.74, 6) is 0.119. The van der Waals surface area contributed by atoms with Crippen LogP contribution in [-0.4, -0.2) is 43.8 Å². The standard InChI is InChI=1S/C36H35F6NO5/c1-20-31(25-13-27(35(37,38)39)17-28(14-25)36(40,41)42)48-33(45)43(20)19-26-18-34(2,3)11-10-30(26)24-12-23(15-29(16-24)46-4)21-6-8-22(9-7-21)32(44)47-5/h6-9,12-17,20,31H,10-11,18-19H2,1-5H3/t20-,31?/m0/s1. The van der Waals surface area contributed by atoms with E-state index in [1.165, 1.54) is 12.0 Å². The van der Waals surface area contributed by atoms with Crippen molar-refractivity contribution in [3.05, 3.63) is 94.1 Å². The largest absolute Gasteiger partial charge is 0.497 e. The van der Waals surface area contributed by atoms with E-state index in [9.17, 15) is 35.9 Å². The third kappa shape index (κ3) is 7.32. The van der Waals surface area contributed by atoms with E-state index in [0.717, 1.165) is 34.3 Å². The van der Waals surface area contributed by atoms with Gasteiger partial charge >= 0.3 is 24.4 Å². The van der Waals surface area contributed by atoms with Gasteiger partial charge in [-0.2, -0.15) is 26.3 Å². The molecule has 1 saturated heterocycles.